The maximum Gasteiger partial charge on any atom is 0.573 e. The summed E-state index contributed by atoms with van der Waals surface area (Å²) in [6.07, 6.45) is -3.74. The molecule has 0 saturated carbocycles. The van der Waals surface area contributed by atoms with Crippen LogP contribution in [0, 0.1) is 11.3 Å². The minimum atomic E-state index is -4.96. The van der Waals surface area contributed by atoms with Crippen LogP contribution in [0.5, 0.6) is 5.75 Å². The topological polar surface area (TPSA) is 123 Å². The van der Waals surface area contributed by atoms with Gasteiger partial charge in [0, 0.05) is 6.07 Å². The van der Waals surface area contributed by atoms with Gasteiger partial charge < -0.3 is 10.5 Å². The fourth-order valence-electron chi connectivity index (χ4n) is 2.42. The number of anilines is 2. The number of aromatic nitrogens is 2. The lowest BCUT2D eigenvalue weighted by atomic mass is 10.2. The van der Waals surface area contributed by atoms with Crippen molar-refractivity contribution < 1.29 is 26.3 Å². The Morgan fingerprint density at radius 3 is 2.55 bits per heavy atom. The molecular weight excluding hydrogens is 411 g/mol. The summed E-state index contributed by atoms with van der Waals surface area (Å²) in [6.45, 7) is 0. The number of nitriles is 1. The standard InChI is InChI=1S/C17H12F3N5O3S/c18-17(19,20)28-12-4-3-5-13(8-12)29(26,27)24-14-6-1-2-7-15(14)25-16(22)11(9-21)10-23-25/h1-8,10,24H,22H2. The van der Waals surface area contributed by atoms with Gasteiger partial charge in [0.1, 0.15) is 23.2 Å². The molecule has 0 amide bonds. The second-order valence-electron chi connectivity index (χ2n) is 5.61. The number of benzene rings is 2. The predicted molar refractivity (Wildman–Crippen MR) is 96.6 cm³/mol. The van der Waals surface area contributed by atoms with E-state index in [1.165, 1.54) is 29.1 Å². The van der Waals surface area contributed by atoms with Crippen LogP contribution < -0.4 is 15.2 Å². The minimum absolute atomic E-state index is 0.000257. The van der Waals surface area contributed by atoms with E-state index in [1.807, 2.05) is 6.07 Å². The molecule has 0 saturated heterocycles. The van der Waals surface area contributed by atoms with Crippen molar-refractivity contribution in [1.29, 1.82) is 5.26 Å². The number of halogens is 3. The molecule has 0 spiro atoms. The highest BCUT2D eigenvalue weighted by molar-refractivity contribution is 7.92. The third-order valence-corrected chi connectivity index (χ3v) is 5.02. The van der Waals surface area contributed by atoms with Crippen molar-refractivity contribution in [2.75, 3.05) is 10.5 Å². The second kappa shape index (κ2) is 7.36. The number of sulfonamides is 1. The number of rotatable bonds is 5. The Kier molecular flexibility index (Phi) is 5.08. The highest BCUT2D eigenvalue weighted by Crippen LogP contribution is 2.28. The van der Waals surface area contributed by atoms with Crippen LogP contribution in [0.25, 0.3) is 5.69 Å². The third-order valence-electron chi connectivity index (χ3n) is 3.65. The van der Waals surface area contributed by atoms with Crippen LogP contribution in [0.15, 0.2) is 59.6 Å². The molecule has 12 heteroatoms. The van der Waals surface area contributed by atoms with E-state index in [9.17, 15) is 21.6 Å². The van der Waals surface area contributed by atoms with E-state index < -0.39 is 27.0 Å². The number of nitrogens with zero attached hydrogens (tertiary/aromatic N) is 3. The zero-order valence-electron chi connectivity index (χ0n) is 14.4. The van der Waals surface area contributed by atoms with Crippen LogP contribution in [0.2, 0.25) is 0 Å². The molecule has 150 valence electrons. The monoisotopic (exact) mass is 423 g/mol. The SMILES string of the molecule is N#Cc1cnn(-c2ccccc2NS(=O)(=O)c2cccc(OC(F)(F)F)c2)c1N. The molecule has 0 aliphatic heterocycles. The smallest absolute Gasteiger partial charge is 0.406 e. The number of nitrogens with one attached hydrogen (secondary N) is 1. The van der Waals surface area contributed by atoms with E-state index in [2.05, 4.69) is 14.6 Å². The van der Waals surface area contributed by atoms with E-state index in [-0.39, 0.29) is 22.8 Å². The van der Waals surface area contributed by atoms with Crippen molar-refractivity contribution in [1.82, 2.24) is 9.78 Å². The van der Waals surface area contributed by atoms with Gasteiger partial charge in [-0.15, -0.1) is 13.2 Å². The van der Waals surface area contributed by atoms with Gasteiger partial charge in [-0.3, -0.25) is 4.72 Å². The van der Waals surface area contributed by atoms with Gasteiger partial charge >= 0.3 is 6.36 Å². The molecule has 3 N–H and O–H groups in total. The Morgan fingerprint density at radius 2 is 1.90 bits per heavy atom. The van der Waals surface area contributed by atoms with Crippen LogP contribution in [-0.2, 0) is 10.0 Å². The summed E-state index contributed by atoms with van der Waals surface area (Å²) in [7, 11) is -4.28. The lowest BCUT2D eigenvalue weighted by molar-refractivity contribution is -0.274. The number of nitrogens with two attached hydrogens (primary N) is 1. The van der Waals surface area contributed by atoms with Gasteiger partial charge in [0.05, 0.1) is 22.5 Å². The first-order valence-corrected chi connectivity index (χ1v) is 9.31. The van der Waals surface area contributed by atoms with Gasteiger partial charge in [-0.25, -0.2) is 13.1 Å². The van der Waals surface area contributed by atoms with Crippen LogP contribution >= 0.6 is 0 Å². The average molecular weight is 423 g/mol. The normalized spacial score (nSPS) is 11.7. The third kappa shape index (κ3) is 4.41. The van der Waals surface area contributed by atoms with E-state index >= 15 is 0 Å². The van der Waals surface area contributed by atoms with Gasteiger partial charge in [-0.05, 0) is 24.3 Å². The first-order chi connectivity index (χ1) is 13.6. The summed E-state index contributed by atoms with van der Waals surface area (Å²) in [5, 5.41) is 13.0. The van der Waals surface area contributed by atoms with Gasteiger partial charge in [0.2, 0.25) is 0 Å². The summed E-state index contributed by atoms with van der Waals surface area (Å²) in [4.78, 5) is -0.444. The Morgan fingerprint density at radius 1 is 1.17 bits per heavy atom. The number of hydrogen-bond acceptors (Lipinski definition) is 6. The van der Waals surface area contributed by atoms with Crippen molar-refractivity contribution >= 4 is 21.5 Å². The largest absolute Gasteiger partial charge is 0.573 e. The first-order valence-electron chi connectivity index (χ1n) is 7.82. The van der Waals surface area contributed by atoms with Crippen LogP contribution in [0.4, 0.5) is 24.7 Å². The average Bonchev–Trinajstić information content (AvgIpc) is 3.01. The molecular formula is C17H12F3N5O3S. The molecule has 3 rings (SSSR count). The molecule has 0 aliphatic carbocycles. The Labute approximate surface area is 163 Å². The van der Waals surface area contributed by atoms with Crippen molar-refractivity contribution in [2.24, 2.45) is 0 Å². The summed E-state index contributed by atoms with van der Waals surface area (Å²) >= 11 is 0. The first kappa shape index (κ1) is 20.0. The fourth-order valence-corrected chi connectivity index (χ4v) is 3.53. The Hall–Kier alpha value is -3.72. The van der Waals surface area contributed by atoms with E-state index in [0.717, 1.165) is 24.3 Å². The molecule has 1 aromatic heterocycles. The molecule has 3 aromatic rings. The highest BCUT2D eigenvalue weighted by Gasteiger charge is 2.31. The maximum absolute atomic E-state index is 12.7. The summed E-state index contributed by atoms with van der Waals surface area (Å²) in [6, 6.07) is 11.9. The molecule has 1 heterocycles. The maximum atomic E-state index is 12.7. The van der Waals surface area contributed by atoms with E-state index in [1.54, 1.807) is 6.07 Å². The molecule has 0 aliphatic rings. The van der Waals surface area contributed by atoms with Gasteiger partial charge in [-0.2, -0.15) is 10.4 Å². The predicted octanol–water partition coefficient (Wildman–Crippen LogP) is 3.03. The molecule has 0 radical (unpaired) electrons. The highest BCUT2D eigenvalue weighted by atomic mass is 32.2. The van der Waals surface area contributed by atoms with Crippen LogP contribution in [0.1, 0.15) is 5.56 Å². The summed E-state index contributed by atoms with van der Waals surface area (Å²) in [5.41, 5.74) is 6.21. The molecule has 0 atom stereocenters. The Balaban J connectivity index is 1.98. The van der Waals surface area contributed by atoms with Crippen molar-refractivity contribution in [3.8, 4) is 17.5 Å². The zero-order valence-corrected chi connectivity index (χ0v) is 15.2. The zero-order chi connectivity index (χ0) is 21.2. The quantitative estimate of drug-likeness (QED) is 0.650. The van der Waals surface area contributed by atoms with Crippen molar-refractivity contribution in [3.05, 3.63) is 60.3 Å². The van der Waals surface area contributed by atoms with Crippen LogP contribution in [-0.4, -0.2) is 24.6 Å². The Bertz CT molecular complexity index is 1200. The fraction of sp³-hybridized carbons (Fsp3) is 0.0588. The molecule has 29 heavy (non-hydrogen) atoms. The lowest BCUT2D eigenvalue weighted by Gasteiger charge is -2.14. The lowest BCUT2D eigenvalue weighted by Crippen LogP contribution is -2.18. The summed E-state index contributed by atoms with van der Waals surface area (Å²) in [5.74, 6) is -0.677. The van der Waals surface area contributed by atoms with Crippen LogP contribution in [0.3, 0.4) is 0 Å². The number of nitrogen functional groups attached to an aromatic ring is 1. The molecule has 8 nitrogen and oxygen atoms in total. The van der Waals surface area contributed by atoms with Gasteiger partial charge in [0.25, 0.3) is 10.0 Å². The molecule has 0 unspecified atom stereocenters. The molecule has 0 bridgehead atoms. The number of ether oxygens (including phenoxy) is 1. The summed E-state index contributed by atoms with van der Waals surface area (Å²) < 4.78 is 69.8. The number of hydrogen-bond donors (Lipinski definition) is 2. The number of para-hydroxylation sites is 2. The van der Waals surface area contributed by atoms with E-state index in [4.69, 9.17) is 11.0 Å². The van der Waals surface area contributed by atoms with Gasteiger partial charge in [-0.1, -0.05) is 18.2 Å². The second-order valence-corrected chi connectivity index (χ2v) is 7.29. The van der Waals surface area contributed by atoms with Crippen molar-refractivity contribution in [2.45, 2.75) is 11.3 Å². The molecule has 2 aromatic carbocycles. The molecule has 0 fully saturated rings. The van der Waals surface area contributed by atoms with Gasteiger partial charge in [0.15, 0.2) is 0 Å². The van der Waals surface area contributed by atoms with E-state index in [0.29, 0.717) is 0 Å². The minimum Gasteiger partial charge on any atom is -0.406 e. The van der Waals surface area contributed by atoms with Crippen molar-refractivity contribution in [3.63, 3.8) is 0 Å². The number of alkyl halides is 3.